The summed E-state index contributed by atoms with van der Waals surface area (Å²) < 4.78 is 10.5. The zero-order valence-electron chi connectivity index (χ0n) is 12.7. The van der Waals surface area contributed by atoms with Crippen LogP contribution >= 0.6 is 11.3 Å². The van der Waals surface area contributed by atoms with E-state index in [4.69, 9.17) is 9.47 Å². The van der Waals surface area contributed by atoms with Gasteiger partial charge in [0.15, 0.2) is 0 Å². The van der Waals surface area contributed by atoms with Gasteiger partial charge in [0.2, 0.25) is 5.88 Å². The summed E-state index contributed by atoms with van der Waals surface area (Å²) in [7, 11) is 3.15. The van der Waals surface area contributed by atoms with E-state index in [1.54, 1.807) is 18.4 Å². The third-order valence-corrected chi connectivity index (χ3v) is 4.36. The highest BCUT2D eigenvalue weighted by Crippen LogP contribution is 2.35. The molecule has 23 heavy (non-hydrogen) atoms. The minimum atomic E-state index is 0.337. The summed E-state index contributed by atoms with van der Waals surface area (Å²) in [5.41, 5.74) is 2.94. The molecule has 0 unspecified atom stereocenters. The van der Waals surface area contributed by atoms with Crippen LogP contribution in [-0.4, -0.2) is 19.2 Å². The van der Waals surface area contributed by atoms with E-state index < -0.39 is 0 Å². The number of hydrogen-bond donors (Lipinski definition) is 0. The average molecular weight is 322 g/mol. The number of nitriles is 1. The first kappa shape index (κ1) is 15.1. The van der Waals surface area contributed by atoms with Crippen molar-refractivity contribution in [2.24, 2.45) is 0 Å². The van der Waals surface area contributed by atoms with Crippen LogP contribution in [0.25, 0.3) is 21.7 Å². The molecule has 0 amide bonds. The summed E-state index contributed by atoms with van der Waals surface area (Å²) in [6, 6.07) is 15.7. The summed E-state index contributed by atoms with van der Waals surface area (Å²) >= 11 is 1.60. The molecule has 0 aliphatic heterocycles. The van der Waals surface area contributed by atoms with Crippen molar-refractivity contribution in [2.45, 2.75) is 0 Å². The minimum Gasteiger partial charge on any atom is -0.497 e. The summed E-state index contributed by atoms with van der Waals surface area (Å²) in [4.78, 5) is 5.50. The lowest BCUT2D eigenvalue weighted by atomic mass is 10.00. The first-order valence-corrected chi connectivity index (χ1v) is 7.82. The maximum Gasteiger partial charge on any atom is 0.232 e. The standard InChI is InChI=1S/C18H14N2O2S/c1-21-13-7-5-12(6-8-13)14-10-16(17-4-3-9-23-17)20-18(22-2)15(14)11-19/h3-10H,1-2H3. The number of rotatable bonds is 4. The molecule has 0 saturated carbocycles. The molecule has 114 valence electrons. The highest BCUT2D eigenvalue weighted by atomic mass is 32.1. The molecule has 0 aliphatic rings. The average Bonchev–Trinajstić information content (AvgIpc) is 3.15. The SMILES string of the molecule is COc1ccc(-c2cc(-c3cccs3)nc(OC)c2C#N)cc1. The quantitative estimate of drug-likeness (QED) is 0.716. The van der Waals surface area contributed by atoms with Gasteiger partial charge >= 0.3 is 0 Å². The van der Waals surface area contributed by atoms with Crippen LogP contribution in [0, 0.1) is 11.3 Å². The molecule has 0 atom stereocenters. The number of benzene rings is 1. The molecule has 3 rings (SSSR count). The molecular formula is C18H14N2O2S. The van der Waals surface area contributed by atoms with Gasteiger partial charge in [0.05, 0.1) is 24.8 Å². The fourth-order valence-corrected chi connectivity index (χ4v) is 3.01. The van der Waals surface area contributed by atoms with Crippen LogP contribution in [-0.2, 0) is 0 Å². The maximum absolute atomic E-state index is 9.52. The largest absolute Gasteiger partial charge is 0.497 e. The first-order valence-electron chi connectivity index (χ1n) is 6.94. The lowest BCUT2D eigenvalue weighted by molar-refractivity contribution is 0.397. The van der Waals surface area contributed by atoms with Gasteiger partial charge in [-0.15, -0.1) is 11.3 Å². The van der Waals surface area contributed by atoms with Gasteiger partial charge in [-0.2, -0.15) is 5.26 Å². The molecule has 1 aromatic carbocycles. The smallest absolute Gasteiger partial charge is 0.232 e. The van der Waals surface area contributed by atoms with Crippen LogP contribution in [0.5, 0.6) is 11.6 Å². The third kappa shape index (κ3) is 2.89. The molecule has 2 aromatic heterocycles. The van der Waals surface area contributed by atoms with Crippen LogP contribution in [0.15, 0.2) is 47.8 Å². The van der Waals surface area contributed by atoms with E-state index in [0.717, 1.165) is 27.4 Å². The zero-order valence-corrected chi connectivity index (χ0v) is 13.6. The number of pyridine rings is 1. The summed E-state index contributed by atoms with van der Waals surface area (Å²) in [5, 5.41) is 11.5. The number of methoxy groups -OCH3 is 2. The molecule has 3 aromatic rings. The second-order valence-electron chi connectivity index (χ2n) is 4.76. The Hall–Kier alpha value is -2.84. The van der Waals surface area contributed by atoms with E-state index in [1.165, 1.54) is 7.11 Å². The van der Waals surface area contributed by atoms with Gasteiger partial charge in [0, 0.05) is 5.56 Å². The predicted molar refractivity (Wildman–Crippen MR) is 90.8 cm³/mol. The van der Waals surface area contributed by atoms with E-state index >= 15 is 0 Å². The van der Waals surface area contributed by atoms with Gasteiger partial charge in [-0.3, -0.25) is 0 Å². The molecule has 0 spiro atoms. The Bertz CT molecular complexity index is 850. The fraction of sp³-hybridized carbons (Fsp3) is 0.111. The Kier molecular flexibility index (Phi) is 4.26. The molecule has 0 fully saturated rings. The van der Waals surface area contributed by atoms with E-state index in [2.05, 4.69) is 11.1 Å². The number of aromatic nitrogens is 1. The molecule has 0 radical (unpaired) electrons. The van der Waals surface area contributed by atoms with Crippen molar-refractivity contribution in [2.75, 3.05) is 14.2 Å². The molecule has 0 bridgehead atoms. The summed E-state index contributed by atoms with van der Waals surface area (Å²) in [5.74, 6) is 1.11. The van der Waals surface area contributed by atoms with Gasteiger partial charge in [0.1, 0.15) is 17.4 Å². The van der Waals surface area contributed by atoms with Gasteiger partial charge < -0.3 is 9.47 Å². The Morgan fingerprint density at radius 3 is 2.43 bits per heavy atom. The van der Waals surface area contributed by atoms with Crippen LogP contribution in [0.3, 0.4) is 0 Å². The van der Waals surface area contributed by atoms with Crippen LogP contribution in [0.4, 0.5) is 0 Å². The second-order valence-corrected chi connectivity index (χ2v) is 5.70. The molecular weight excluding hydrogens is 308 g/mol. The second kappa shape index (κ2) is 6.51. The van der Waals surface area contributed by atoms with Gasteiger partial charge in [-0.25, -0.2) is 4.98 Å². The van der Waals surface area contributed by atoms with Crippen molar-refractivity contribution in [1.29, 1.82) is 5.26 Å². The van der Waals surface area contributed by atoms with E-state index in [-0.39, 0.29) is 0 Å². The molecule has 0 aliphatic carbocycles. The summed E-state index contributed by atoms with van der Waals surface area (Å²) in [6.45, 7) is 0. The first-order chi connectivity index (χ1) is 11.3. The highest BCUT2D eigenvalue weighted by Gasteiger charge is 2.16. The lowest BCUT2D eigenvalue weighted by Crippen LogP contribution is -1.97. The topological polar surface area (TPSA) is 55.1 Å². The van der Waals surface area contributed by atoms with Crippen LogP contribution in [0.1, 0.15) is 5.56 Å². The lowest BCUT2D eigenvalue weighted by Gasteiger charge is -2.11. The maximum atomic E-state index is 9.52. The Morgan fingerprint density at radius 2 is 1.87 bits per heavy atom. The van der Waals surface area contributed by atoms with Gasteiger partial charge in [-0.05, 0) is 35.2 Å². The van der Waals surface area contributed by atoms with E-state index in [9.17, 15) is 5.26 Å². The van der Waals surface area contributed by atoms with E-state index in [0.29, 0.717) is 11.4 Å². The summed E-state index contributed by atoms with van der Waals surface area (Å²) in [6.07, 6.45) is 0. The van der Waals surface area contributed by atoms with Crippen LogP contribution < -0.4 is 9.47 Å². The van der Waals surface area contributed by atoms with E-state index in [1.807, 2.05) is 47.8 Å². The number of thiophene rings is 1. The molecule has 2 heterocycles. The van der Waals surface area contributed by atoms with Crippen molar-refractivity contribution in [3.05, 3.63) is 53.4 Å². The number of nitrogens with zero attached hydrogens (tertiary/aromatic N) is 2. The predicted octanol–water partition coefficient (Wildman–Crippen LogP) is 4.37. The van der Waals surface area contributed by atoms with Crippen molar-refractivity contribution >= 4 is 11.3 Å². The number of hydrogen-bond acceptors (Lipinski definition) is 5. The fourth-order valence-electron chi connectivity index (χ4n) is 2.33. The van der Waals surface area contributed by atoms with Gasteiger partial charge in [-0.1, -0.05) is 18.2 Å². The number of ether oxygens (including phenoxy) is 2. The molecule has 0 N–H and O–H groups in total. The Morgan fingerprint density at radius 1 is 1.09 bits per heavy atom. The van der Waals surface area contributed by atoms with Gasteiger partial charge in [0.25, 0.3) is 0 Å². The Labute approximate surface area is 138 Å². The normalized spacial score (nSPS) is 10.1. The minimum absolute atomic E-state index is 0.337. The molecule has 5 heteroatoms. The highest BCUT2D eigenvalue weighted by molar-refractivity contribution is 7.13. The zero-order chi connectivity index (χ0) is 16.2. The molecule has 4 nitrogen and oxygen atoms in total. The van der Waals surface area contributed by atoms with Crippen molar-refractivity contribution in [1.82, 2.24) is 4.98 Å². The van der Waals surface area contributed by atoms with Crippen LogP contribution in [0.2, 0.25) is 0 Å². The Balaban J connectivity index is 2.20. The third-order valence-electron chi connectivity index (χ3n) is 3.47. The van der Waals surface area contributed by atoms with Crippen molar-refractivity contribution in [3.63, 3.8) is 0 Å². The van der Waals surface area contributed by atoms with Crippen molar-refractivity contribution < 1.29 is 9.47 Å². The van der Waals surface area contributed by atoms with Crippen molar-refractivity contribution in [3.8, 4) is 39.4 Å². The molecule has 0 saturated heterocycles. The monoisotopic (exact) mass is 322 g/mol.